The Balaban J connectivity index is 2.09. The van der Waals surface area contributed by atoms with Crippen molar-refractivity contribution in [2.24, 2.45) is 0 Å². The van der Waals surface area contributed by atoms with Crippen molar-refractivity contribution >= 4 is 21.4 Å². The van der Waals surface area contributed by atoms with Crippen LogP contribution in [0, 0.1) is 0 Å². The van der Waals surface area contributed by atoms with Gasteiger partial charge in [-0.15, -0.1) is 0 Å². The van der Waals surface area contributed by atoms with Crippen LogP contribution in [0.4, 0.5) is 5.69 Å². The molecule has 1 N–H and O–H groups in total. The molecule has 6 heteroatoms. The summed E-state index contributed by atoms with van der Waals surface area (Å²) in [4.78, 5) is 15.3. The van der Waals surface area contributed by atoms with Crippen LogP contribution in [0.5, 0.6) is 0 Å². The molecule has 21 heavy (non-hydrogen) atoms. The lowest BCUT2D eigenvalue weighted by molar-refractivity contribution is -0.114. The minimum atomic E-state index is -3.21. The number of benzene rings is 1. The minimum Gasteiger partial charge on any atom is -0.326 e. The van der Waals surface area contributed by atoms with Crippen LogP contribution in [0.3, 0.4) is 0 Å². The predicted octanol–water partition coefficient (Wildman–Crippen LogP) is 2.03. The Morgan fingerprint density at radius 1 is 1.14 bits per heavy atom. The fourth-order valence-corrected chi connectivity index (χ4v) is 2.41. The molecular formula is C15H16N2O3S. The summed E-state index contributed by atoms with van der Waals surface area (Å²) in [6.07, 6.45) is 3.13. The van der Waals surface area contributed by atoms with Crippen molar-refractivity contribution in [1.82, 2.24) is 4.98 Å². The second-order valence-electron chi connectivity index (χ2n) is 4.81. The van der Waals surface area contributed by atoms with Crippen LogP contribution < -0.4 is 5.32 Å². The summed E-state index contributed by atoms with van der Waals surface area (Å²) in [5.74, 6) is -0.110. The number of carbonyl (C=O) groups excluding carboxylic acids is 1. The Kier molecular flexibility index (Phi) is 4.37. The first-order chi connectivity index (χ1) is 9.84. The van der Waals surface area contributed by atoms with E-state index in [1.165, 1.54) is 13.1 Å². The summed E-state index contributed by atoms with van der Waals surface area (Å²) >= 11 is 0. The maximum atomic E-state index is 11.4. The molecule has 0 radical (unpaired) electrons. The summed E-state index contributed by atoms with van der Waals surface area (Å²) in [7, 11) is -3.21. The number of hydrogen-bond acceptors (Lipinski definition) is 4. The maximum absolute atomic E-state index is 11.4. The lowest BCUT2D eigenvalue weighted by atomic mass is 10.1. The van der Waals surface area contributed by atoms with E-state index in [1.54, 1.807) is 12.1 Å². The quantitative estimate of drug-likeness (QED) is 0.937. The van der Waals surface area contributed by atoms with E-state index in [9.17, 15) is 13.2 Å². The maximum Gasteiger partial charge on any atom is 0.221 e. The third-order valence-corrected chi connectivity index (χ3v) is 3.98. The Labute approximate surface area is 124 Å². The number of sulfone groups is 1. The van der Waals surface area contributed by atoms with Crippen LogP contribution in [0.1, 0.15) is 18.2 Å². The largest absolute Gasteiger partial charge is 0.326 e. The van der Waals surface area contributed by atoms with Crippen LogP contribution in [0.15, 0.2) is 47.5 Å². The van der Waals surface area contributed by atoms with Crippen LogP contribution in [-0.2, 0) is 21.1 Å². The topological polar surface area (TPSA) is 76.1 Å². The van der Waals surface area contributed by atoms with Crippen LogP contribution in [-0.4, -0.2) is 25.6 Å². The molecule has 1 amide bonds. The first-order valence-electron chi connectivity index (χ1n) is 6.36. The number of anilines is 1. The standard InChI is InChI=1S/C15H16N2O3S/c1-11(18)17-13-5-3-12(4-6-13)9-14-7-8-15(10-16-14)21(2,19)20/h3-8,10H,9H2,1-2H3,(H,17,18). The van der Waals surface area contributed by atoms with E-state index < -0.39 is 9.84 Å². The molecule has 0 unspecified atom stereocenters. The van der Waals surface area contributed by atoms with Gasteiger partial charge in [0, 0.05) is 37.2 Å². The van der Waals surface area contributed by atoms with Crippen molar-refractivity contribution in [3.8, 4) is 0 Å². The number of nitrogens with one attached hydrogen (secondary N) is 1. The highest BCUT2D eigenvalue weighted by Crippen LogP contribution is 2.14. The van der Waals surface area contributed by atoms with Crippen molar-refractivity contribution in [2.45, 2.75) is 18.2 Å². The highest BCUT2D eigenvalue weighted by Gasteiger charge is 2.07. The number of rotatable bonds is 4. The van der Waals surface area contributed by atoms with E-state index in [1.807, 2.05) is 24.3 Å². The van der Waals surface area contributed by atoms with Gasteiger partial charge < -0.3 is 5.32 Å². The summed E-state index contributed by atoms with van der Waals surface area (Å²) in [5.41, 5.74) is 2.56. The lowest BCUT2D eigenvalue weighted by Crippen LogP contribution is -2.05. The molecule has 0 saturated heterocycles. The Morgan fingerprint density at radius 2 is 1.81 bits per heavy atom. The SMILES string of the molecule is CC(=O)Nc1ccc(Cc2ccc(S(C)(=O)=O)cn2)cc1. The minimum absolute atomic E-state index is 0.110. The molecule has 0 spiro atoms. The molecule has 110 valence electrons. The average Bonchev–Trinajstić information content (AvgIpc) is 2.40. The second-order valence-corrected chi connectivity index (χ2v) is 6.83. The van der Waals surface area contributed by atoms with Crippen molar-refractivity contribution in [3.05, 3.63) is 53.9 Å². The van der Waals surface area contributed by atoms with Gasteiger partial charge in [0.05, 0.1) is 4.90 Å². The molecule has 0 aliphatic carbocycles. The zero-order valence-electron chi connectivity index (χ0n) is 11.8. The van der Waals surface area contributed by atoms with Gasteiger partial charge in [-0.2, -0.15) is 0 Å². The van der Waals surface area contributed by atoms with Crippen LogP contribution in [0.25, 0.3) is 0 Å². The summed E-state index contributed by atoms with van der Waals surface area (Å²) < 4.78 is 22.7. The van der Waals surface area contributed by atoms with Gasteiger partial charge in [0.1, 0.15) is 0 Å². The molecule has 1 aromatic carbocycles. The third kappa shape index (κ3) is 4.39. The molecule has 0 atom stereocenters. The monoisotopic (exact) mass is 304 g/mol. The highest BCUT2D eigenvalue weighted by atomic mass is 32.2. The molecule has 0 saturated carbocycles. The van der Waals surface area contributed by atoms with Crippen molar-refractivity contribution in [2.75, 3.05) is 11.6 Å². The van der Waals surface area contributed by atoms with Gasteiger partial charge in [-0.3, -0.25) is 9.78 Å². The van der Waals surface area contributed by atoms with Gasteiger partial charge in [0.15, 0.2) is 9.84 Å². The first-order valence-corrected chi connectivity index (χ1v) is 8.25. The van der Waals surface area contributed by atoms with Crippen molar-refractivity contribution in [1.29, 1.82) is 0 Å². The molecule has 1 aromatic heterocycles. The van der Waals surface area contributed by atoms with Crippen LogP contribution in [0.2, 0.25) is 0 Å². The lowest BCUT2D eigenvalue weighted by Gasteiger charge is -2.05. The molecule has 0 fully saturated rings. The predicted molar refractivity (Wildman–Crippen MR) is 80.9 cm³/mol. The number of hydrogen-bond donors (Lipinski definition) is 1. The van der Waals surface area contributed by atoms with Gasteiger partial charge in [0.25, 0.3) is 0 Å². The fraction of sp³-hybridized carbons (Fsp3) is 0.200. The summed E-state index contributed by atoms with van der Waals surface area (Å²) in [6.45, 7) is 1.46. The van der Waals surface area contributed by atoms with E-state index in [0.29, 0.717) is 6.42 Å². The molecule has 2 aromatic rings. The van der Waals surface area contributed by atoms with Gasteiger partial charge in [0.2, 0.25) is 5.91 Å². The van der Waals surface area contributed by atoms with E-state index >= 15 is 0 Å². The molecule has 1 heterocycles. The van der Waals surface area contributed by atoms with E-state index in [4.69, 9.17) is 0 Å². The number of nitrogens with zero attached hydrogens (tertiary/aromatic N) is 1. The number of pyridine rings is 1. The Hall–Kier alpha value is -2.21. The zero-order valence-corrected chi connectivity index (χ0v) is 12.6. The first kappa shape index (κ1) is 15.2. The summed E-state index contributed by atoms with van der Waals surface area (Å²) in [6, 6.07) is 10.7. The normalized spacial score (nSPS) is 11.1. The third-order valence-electron chi connectivity index (χ3n) is 2.89. The van der Waals surface area contributed by atoms with Crippen molar-refractivity contribution < 1.29 is 13.2 Å². The van der Waals surface area contributed by atoms with E-state index in [-0.39, 0.29) is 10.8 Å². The number of carbonyl (C=O) groups is 1. The molecule has 0 aliphatic rings. The molecule has 5 nitrogen and oxygen atoms in total. The average molecular weight is 304 g/mol. The second kappa shape index (κ2) is 6.05. The Morgan fingerprint density at radius 3 is 2.29 bits per heavy atom. The zero-order chi connectivity index (χ0) is 15.5. The number of amides is 1. The molecule has 0 bridgehead atoms. The van der Waals surface area contributed by atoms with E-state index in [2.05, 4.69) is 10.3 Å². The fourth-order valence-electron chi connectivity index (χ4n) is 1.85. The van der Waals surface area contributed by atoms with Gasteiger partial charge in [-0.25, -0.2) is 8.42 Å². The molecular weight excluding hydrogens is 288 g/mol. The van der Waals surface area contributed by atoms with Crippen molar-refractivity contribution in [3.63, 3.8) is 0 Å². The van der Waals surface area contributed by atoms with Crippen LogP contribution >= 0.6 is 0 Å². The number of aromatic nitrogens is 1. The van der Waals surface area contributed by atoms with Gasteiger partial charge in [-0.1, -0.05) is 12.1 Å². The summed E-state index contributed by atoms with van der Waals surface area (Å²) in [5, 5.41) is 2.70. The van der Waals surface area contributed by atoms with Gasteiger partial charge >= 0.3 is 0 Å². The smallest absolute Gasteiger partial charge is 0.221 e. The van der Waals surface area contributed by atoms with Gasteiger partial charge in [-0.05, 0) is 29.8 Å². The Bertz CT molecular complexity index is 735. The molecule has 0 aliphatic heterocycles. The highest BCUT2D eigenvalue weighted by molar-refractivity contribution is 7.90. The molecule has 2 rings (SSSR count). The van der Waals surface area contributed by atoms with E-state index in [0.717, 1.165) is 23.2 Å².